The SMILES string of the molecule is COc1cc(C=NNC(=O)CSc2nnc(-c3ccc(Cl)cc3)n2-c2ccccc2)cc(Br)c1O. The van der Waals surface area contributed by atoms with Gasteiger partial charge in [0.05, 0.1) is 23.5 Å². The quantitative estimate of drug-likeness (QED) is 0.169. The number of para-hydroxylation sites is 1. The Hall–Kier alpha value is -3.34. The standard InChI is InChI=1S/C24H19BrClN5O3S/c1-34-20-12-15(11-19(25)22(20)33)13-27-28-21(32)14-35-24-30-29-23(16-7-9-17(26)10-8-16)31(24)18-5-3-2-4-6-18/h2-13,33H,14H2,1H3,(H,28,32). The first-order valence-corrected chi connectivity index (χ1v) is 12.4. The first kappa shape index (κ1) is 24.8. The Morgan fingerprint density at radius 3 is 2.66 bits per heavy atom. The van der Waals surface area contributed by atoms with Gasteiger partial charge in [0.2, 0.25) is 0 Å². The Balaban J connectivity index is 1.48. The Bertz CT molecular complexity index is 1360. The zero-order chi connectivity index (χ0) is 24.8. The lowest BCUT2D eigenvalue weighted by molar-refractivity contribution is -0.118. The lowest BCUT2D eigenvalue weighted by Crippen LogP contribution is -2.20. The number of halogens is 2. The molecule has 11 heteroatoms. The molecular weight excluding hydrogens is 554 g/mol. The Labute approximate surface area is 219 Å². The molecule has 8 nitrogen and oxygen atoms in total. The summed E-state index contributed by atoms with van der Waals surface area (Å²) < 4.78 is 7.46. The molecule has 4 aromatic rings. The number of phenolic OH excluding ortho intramolecular Hbond substituents is 1. The Morgan fingerprint density at radius 2 is 1.94 bits per heavy atom. The van der Waals surface area contributed by atoms with Gasteiger partial charge in [-0.2, -0.15) is 5.10 Å². The molecule has 1 amide bonds. The molecule has 0 saturated carbocycles. The van der Waals surface area contributed by atoms with E-state index in [0.29, 0.717) is 31.8 Å². The molecule has 0 aliphatic rings. The summed E-state index contributed by atoms with van der Waals surface area (Å²) in [5.74, 6) is 0.684. The highest BCUT2D eigenvalue weighted by Gasteiger charge is 2.17. The maximum absolute atomic E-state index is 12.4. The van der Waals surface area contributed by atoms with Gasteiger partial charge in [-0.05, 0) is 70.0 Å². The van der Waals surface area contributed by atoms with Crippen LogP contribution in [0.3, 0.4) is 0 Å². The lowest BCUT2D eigenvalue weighted by atomic mass is 10.2. The second-order valence-electron chi connectivity index (χ2n) is 7.12. The van der Waals surface area contributed by atoms with E-state index in [0.717, 1.165) is 11.3 Å². The highest BCUT2D eigenvalue weighted by atomic mass is 79.9. The van der Waals surface area contributed by atoms with E-state index in [4.69, 9.17) is 16.3 Å². The number of aromatic nitrogens is 3. The van der Waals surface area contributed by atoms with Gasteiger partial charge < -0.3 is 9.84 Å². The average molecular weight is 573 g/mol. The summed E-state index contributed by atoms with van der Waals surface area (Å²) in [6, 6.07) is 20.3. The minimum absolute atomic E-state index is 0.00872. The molecule has 0 radical (unpaired) electrons. The number of phenols is 1. The number of hydrogen-bond acceptors (Lipinski definition) is 7. The fraction of sp³-hybridized carbons (Fsp3) is 0.0833. The van der Waals surface area contributed by atoms with Gasteiger partial charge in [-0.25, -0.2) is 5.43 Å². The number of benzene rings is 3. The Morgan fingerprint density at radius 1 is 1.20 bits per heavy atom. The van der Waals surface area contributed by atoms with E-state index in [1.807, 2.05) is 47.0 Å². The van der Waals surface area contributed by atoms with Crippen molar-refractivity contribution >= 4 is 51.4 Å². The summed E-state index contributed by atoms with van der Waals surface area (Å²) in [5.41, 5.74) is 4.85. The number of amides is 1. The smallest absolute Gasteiger partial charge is 0.250 e. The number of thioether (sulfide) groups is 1. The number of hydrazone groups is 1. The third-order valence-corrected chi connectivity index (χ3v) is 6.54. The van der Waals surface area contributed by atoms with Crippen molar-refractivity contribution in [1.29, 1.82) is 0 Å². The molecule has 1 aromatic heterocycles. The van der Waals surface area contributed by atoms with Gasteiger partial charge in [0.25, 0.3) is 5.91 Å². The van der Waals surface area contributed by atoms with Crippen LogP contribution in [-0.4, -0.2) is 44.9 Å². The fourth-order valence-corrected chi connectivity index (χ4v) is 4.45. The molecule has 0 fully saturated rings. The molecular formula is C24H19BrClN5O3S. The zero-order valence-corrected chi connectivity index (χ0v) is 21.5. The molecule has 0 unspecified atom stereocenters. The normalized spacial score (nSPS) is 11.1. The maximum Gasteiger partial charge on any atom is 0.250 e. The van der Waals surface area contributed by atoms with Crippen molar-refractivity contribution in [3.63, 3.8) is 0 Å². The number of carbonyl (C=O) groups excluding carboxylic acids is 1. The third-order valence-electron chi connectivity index (χ3n) is 4.76. The highest BCUT2D eigenvalue weighted by Crippen LogP contribution is 2.34. The second kappa shape index (κ2) is 11.4. The van der Waals surface area contributed by atoms with Crippen LogP contribution in [0.25, 0.3) is 17.1 Å². The van der Waals surface area contributed by atoms with Crippen molar-refractivity contribution in [2.24, 2.45) is 5.10 Å². The van der Waals surface area contributed by atoms with Crippen LogP contribution in [0.4, 0.5) is 0 Å². The zero-order valence-electron chi connectivity index (χ0n) is 18.4. The summed E-state index contributed by atoms with van der Waals surface area (Å²) in [7, 11) is 1.45. The largest absolute Gasteiger partial charge is 0.503 e. The predicted molar refractivity (Wildman–Crippen MR) is 141 cm³/mol. The van der Waals surface area contributed by atoms with E-state index in [2.05, 4.69) is 36.7 Å². The minimum atomic E-state index is -0.313. The first-order valence-electron chi connectivity index (χ1n) is 10.2. The molecule has 1 heterocycles. The van der Waals surface area contributed by atoms with Crippen LogP contribution < -0.4 is 10.2 Å². The molecule has 178 valence electrons. The first-order chi connectivity index (χ1) is 17.0. The van der Waals surface area contributed by atoms with Gasteiger partial charge in [-0.15, -0.1) is 10.2 Å². The van der Waals surface area contributed by atoms with Crippen molar-refractivity contribution in [3.8, 4) is 28.6 Å². The van der Waals surface area contributed by atoms with Gasteiger partial charge in [-0.1, -0.05) is 41.6 Å². The van der Waals surface area contributed by atoms with Crippen LogP contribution in [0.5, 0.6) is 11.5 Å². The van der Waals surface area contributed by atoms with E-state index >= 15 is 0 Å². The van der Waals surface area contributed by atoms with E-state index in [-0.39, 0.29) is 17.4 Å². The van der Waals surface area contributed by atoms with Crippen LogP contribution >= 0.6 is 39.3 Å². The molecule has 0 aliphatic carbocycles. The monoisotopic (exact) mass is 571 g/mol. The molecule has 2 N–H and O–H groups in total. The number of aromatic hydroxyl groups is 1. The number of hydrogen-bond donors (Lipinski definition) is 2. The van der Waals surface area contributed by atoms with Crippen molar-refractivity contribution in [3.05, 3.63) is 81.8 Å². The van der Waals surface area contributed by atoms with Crippen LogP contribution in [0.1, 0.15) is 5.56 Å². The van der Waals surface area contributed by atoms with Crippen molar-refractivity contribution in [2.45, 2.75) is 5.16 Å². The molecule has 0 bridgehead atoms. The number of rotatable bonds is 8. The van der Waals surface area contributed by atoms with E-state index < -0.39 is 0 Å². The highest BCUT2D eigenvalue weighted by molar-refractivity contribution is 9.10. The lowest BCUT2D eigenvalue weighted by Gasteiger charge is -2.10. The van der Waals surface area contributed by atoms with Crippen LogP contribution in [0, 0.1) is 0 Å². The van der Waals surface area contributed by atoms with Crippen molar-refractivity contribution in [2.75, 3.05) is 12.9 Å². The topological polar surface area (TPSA) is 102 Å². The Kier molecular flexibility index (Phi) is 8.06. The third kappa shape index (κ3) is 6.02. The summed E-state index contributed by atoms with van der Waals surface area (Å²) in [6.45, 7) is 0. The molecule has 35 heavy (non-hydrogen) atoms. The maximum atomic E-state index is 12.4. The van der Waals surface area contributed by atoms with Crippen molar-refractivity contribution in [1.82, 2.24) is 20.2 Å². The van der Waals surface area contributed by atoms with E-state index in [1.54, 1.807) is 24.3 Å². The molecule has 3 aromatic carbocycles. The minimum Gasteiger partial charge on any atom is -0.503 e. The predicted octanol–water partition coefficient (Wildman–Crippen LogP) is 5.31. The number of carbonyl (C=O) groups is 1. The number of nitrogens with one attached hydrogen (secondary N) is 1. The summed E-state index contributed by atoms with van der Waals surface area (Å²) in [5, 5.41) is 23.7. The molecule has 0 spiro atoms. The van der Waals surface area contributed by atoms with E-state index in [9.17, 15) is 9.90 Å². The van der Waals surface area contributed by atoms with Crippen LogP contribution in [0.2, 0.25) is 5.02 Å². The number of methoxy groups -OCH3 is 1. The summed E-state index contributed by atoms with van der Waals surface area (Å²) >= 11 is 10.5. The fourth-order valence-electron chi connectivity index (χ4n) is 3.12. The van der Waals surface area contributed by atoms with Crippen molar-refractivity contribution < 1.29 is 14.6 Å². The molecule has 0 aliphatic heterocycles. The number of ether oxygens (including phenoxy) is 1. The molecule has 4 rings (SSSR count). The van der Waals surface area contributed by atoms with Crippen LogP contribution in [-0.2, 0) is 4.79 Å². The van der Waals surface area contributed by atoms with Gasteiger partial charge in [-0.3, -0.25) is 9.36 Å². The average Bonchev–Trinajstić information content (AvgIpc) is 3.29. The van der Waals surface area contributed by atoms with Crippen LogP contribution in [0.15, 0.2) is 81.5 Å². The van der Waals surface area contributed by atoms with Gasteiger partial charge >= 0.3 is 0 Å². The van der Waals surface area contributed by atoms with E-state index in [1.165, 1.54) is 25.1 Å². The van der Waals surface area contributed by atoms with Gasteiger partial charge in [0, 0.05) is 16.3 Å². The summed E-state index contributed by atoms with van der Waals surface area (Å²) in [4.78, 5) is 12.4. The molecule has 0 saturated heterocycles. The molecule has 0 atom stereocenters. The summed E-state index contributed by atoms with van der Waals surface area (Å²) in [6.07, 6.45) is 1.46. The second-order valence-corrected chi connectivity index (χ2v) is 9.35. The van der Waals surface area contributed by atoms with Gasteiger partial charge in [0.1, 0.15) is 0 Å². The van der Waals surface area contributed by atoms with Gasteiger partial charge in [0.15, 0.2) is 22.5 Å². The number of nitrogens with zero attached hydrogens (tertiary/aromatic N) is 4.